The largest absolute Gasteiger partial charge is 0.478 e. The number of aromatic nitrogens is 1. The number of carbonyl (C=O) groups is 3. The molecule has 0 aromatic carbocycles. The lowest BCUT2D eigenvalue weighted by atomic mass is 10.1. The van der Waals surface area contributed by atoms with Gasteiger partial charge >= 0.3 is 5.97 Å². The van der Waals surface area contributed by atoms with Gasteiger partial charge in [0.2, 0.25) is 5.91 Å². The first kappa shape index (κ1) is 15.0. The first-order valence-electron chi connectivity index (χ1n) is 6.75. The minimum Gasteiger partial charge on any atom is -0.478 e. The number of nitrogens with one attached hydrogen (secondary N) is 1. The molecular weight excluding hydrogens is 274 g/mol. The molecule has 2 rings (SSSR count). The summed E-state index contributed by atoms with van der Waals surface area (Å²) in [5, 5.41) is 11.7. The quantitative estimate of drug-likeness (QED) is 0.841. The lowest BCUT2D eigenvalue weighted by molar-refractivity contribution is -0.127. The molecule has 0 radical (unpaired) electrons. The fraction of sp³-hybridized carbons (Fsp3) is 0.429. The van der Waals surface area contributed by atoms with Crippen molar-refractivity contribution >= 4 is 17.8 Å². The molecule has 112 valence electrons. The predicted octanol–water partition coefficient (Wildman–Crippen LogP) is 0.439. The van der Waals surface area contributed by atoms with Gasteiger partial charge in [0.25, 0.3) is 5.91 Å². The number of piperazine rings is 1. The van der Waals surface area contributed by atoms with Gasteiger partial charge in [-0.3, -0.25) is 9.59 Å². The van der Waals surface area contributed by atoms with Crippen LogP contribution in [0, 0.1) is 6.92 Å². The maximum absolute atomic E-state index is 12.5. The van der Waals surface area contributed by atoms with Gasteiger partial charge in [-0.2, -0.15) is 0 Å². The van der Waals surface area contributed by atoms with Crippen molar-refractivity contribution < 1.29 is 19.5 Å². The summed E-state index contributed by atoms with van der Waals surface area (Å²) in [6.45, 7) is 4.21. The van der Waals surface area contributed by atoms with Crippen molar-refractivity contribution in [3.8, 4) is 0 Å². The van der Waals surface area contributed by atoms with E-state index in [2.05, 4.69) is 10.3 Å². The molecule has 0 saturated carbocycles. The second-order valence-corrected chi connectivity index (χ2v) is 4.85. The molecule has 1 aliphatic rings. The van der Waals surface area contributed by atoms with Crippen molar-refractivity contribution in [1.82, 2.24) is 15.2 Å². The Morgan fingerprint density at radius 1 is 1.48 bits per heavy atom. The third-order valence-corrected chi connectivity index (χ3v) is 3.51. The summed E-state index contributed by atoms with van der Waals surface area (Å²) in [7, 11) is 0. The third-order valence-electron chi connectivity index (χ3n) is 3.51. The summed E-state index contributed by atoms with van der Waals surface area (Å²) >= 11 is 0. The van der Waals surface area contributed by atoms with Crippen molar-refractivity contribution in [2.45, 2.75) is 26.3 Å². The molecule has 2 heterocycles. The van der Waals surface area contributed by atoms with Crippen LogP contribution >= 0.6 is 0 Å². The van der Waals surface area contributed by atoms with Crippen LogP contribution in [0.15, 0.2) is 12.1 Å². The summed E-state index contributed by atoms with van der Waals surface area (Å²) in [6, 6.07) is 2.24. The maximum atomic E-state index is 12.5. The number of rotatable bonds is 3. The molecule has 1 atom stereocenters. The molecular formula is C14H17N3O4. The summed E-state index contributed by atoms with van der Waals surface area (Å²) in [5.74, 6) is -1.60. The highest BCUT2D eigenvalue weighted by molar-refractivity contribution is 5.97. The molecule has 7 nitrogen and oxygen atoms in total. The average Bonchev–Trinajstić information content (AvgIpc) is 2.45. The minimum absolute atomic E-state index is 0.0648. The number of carboxylic acids is 1. The van der Waals surface area contributed by atoms with Crippen molar-refractivity contribution in [2.75, 3.05) is 13.1 Å². The van der Waals surface area contributed by atoms with Gasteiger partial charge in [0.15, 0.2) is 0 Å². The van der Waals surface area contributed by atoms with Crippen LogP contribution in [0.3, 0.4) is 0 Å². The molecule has 1 fully saturated rings. The first-order chi connectivity index (χ1) is 9.95. The highest BCUT2D eigenvalue weighted by Gasteiger charge is 2.32. The Morgan fingerprint density at radius 3 is 2.76 bits per heavy atom. The topological polar surface area (TPSA) is 99.6 Å². The fourth-order valence-electron chi connectivity index (χ4n) is 2.42. The van der Waals surface area contributed by atoms with Gasteiger partial charge in [0.1, 0.15) is 11.7 Å². The minimum atomic E-state index is -1.08. The summed E-state index contributed by atoms with van der Waals surface area (Å²) in [5.41, 5.74) is 0.503. The number of hydrogen-bond acceptors (Lipinski definition) is 4. The van der Waals surface area contributed by atoms with Gasteiger partial charge in [-0.05, 0) is 25.5 Å². The maximum Gasteiger partial charge on any atom is 0.337 e. The lowest BCUT2D eigenvalue weighted by Crippen LogP contribution is -2.57. The van der Waals surface area contributed by atoms with Crippen molar-refractivity contribution in [2.24, 2.45) is 0 Å². The highest BCUT2D eigenvalue weighted by Crippen LogP contribution is 2.14. The second kappa shape index (κ2) is 5.90. The number of carboxylic acid groups (broad SMARTS) is 1. The normalized spacial score (nSPS) is 18.3. The number of amides is 2. The molecule has 0 bridgehead atoms. The molecule has 1 aromatic rings. The Hall–Kier alpha value is -2.44. The molecule has 1 unspecified atom stereocenters. The van der Waals surface area contributed by atoms with Crippen LogP contribution in [-0.2, 0) is 4.79 Å². The van der Waals surface area contributed by atoms with Gasteiger partial charge in [-0.1, -0.05) is 6.92 Å². The number of carbonyl (C=O) groups excluding carboxylic acids is 2. The van der Waals surface area contributed by atoms with Crippen LogP contribution < -0.4 is 5.32 Å². The Morgan fingerprint density at radius 2 is 2.19 bits per heavy atom. The van der Waals surface area contributed by atoms with E-state index in [4.69, 9.17) is 5.11 Å². The Balaban J connectivity index is 2.29. The van der Waals surface area contributed by atoms with Gasteiger partial charge in [-0.25, -0.2) is 9.78 Å². The van der Waals surface area contributed by atoms with E-state index in [1.807, 2.05) is 6.92 Å². The predicted molar refractivity (Wildman–Crippen MR) is 74.1 cm³/mol. The Bertz CT molecular complexity index is 600. The summed E-state index contributed by atoms with van der Waals surface area (Å²) in [4.78, 5) is 40.8. The van der Waals surface area contributed by atoms with Crippen LogP contribution in [0.5, 0.6) is 0 Å². The van der Waals surface area contributed by atoms with E-state index in [1.165, 1.54) is 17.0 Å². The molecule has 0 aliphatic carbocycles. The fourth-order valence-corrected chi connectivity index (χ4v) is 2.42. The third kappa shape index (κ3) is 2.86. The van der Waals surface area contributed by atoms with Crippen LogP contribution in [-0.4, -0.2) is 51.9 Å². The number of aryl methyl sites for hydroxylation is 1. The SMILES string of the molecule is CCC1C(=O)NCCN1C(=O)c1ccc(C(=O)O)c(C)n1. The summed E-state index contributed by atoms with van der Waals surface area (Å²) in [6.07, 6.45) is 0.518. The van der Waals surface area contributed by atoms with E-state index in [9.17, 15) is 14.4 Å². The van der Waals surface area contributed by atoms with E-state index in [0.717, 1.165) is 0 Å². The Kier molecular flexibility index (Phi) is 4.21. The van der Waals surface area contributed by atoms with Crippen LogP contribution in [0.2, 0.25) is 0 Å². The van der Waals surface area contributed by atoms with E-state index < -0.39 is 12.0 Å². The molecule has 1 saturated heterocycles. The monoisotopic (exact) mass is 291 g/mol. The van der Waals surface area contributed by atoms with Crippen LogP contribution in [0.4, 0.5) is 0 Å². The molecule has 21 heavy (non-hydrogen) atoms. The van der Waals surface area contributed by atoms with E-state index >= 15 is 0 Å². The van der Waals surface area contributed by atoms with Gasteiger partial charge < -0.3 is 15.3 Å². The van der Waals surface area contributed by atoms with Crippen molar-refractivity contribution in [3.05, 3.63) is 29.1 Å². The number of hydrogen-bond donors (Lipinski definition) is 2. The zero-order valence-corrected chi connectivity index (χ0v) is 11.9. The zero-order valence-electron chi connectivity index (χ0n) is 11.9. The molecule has 1 aliphatic heterocycles. The van der Waals surface area contributed by atoms with Crippen molar-refractivity contribution in [1.29, 1.82) is 0 Å². The van der Waals surface area contributed by atoms with Crippen molar-refractivity contribution in [3.63, 3.8) is 0 Å². The molecule has 1 aromatic heterocycles. The molecule has 0 spiro atoms. The molecule has 2 N–H and O–H groups in total. The molecule has 7 heteroatoms. The van der Waals surface area contributed by atoms with Crippen LogP contribution in [0.25, 0.3) is 0 Å². The first-order valence-corrected chi connectivity index (χ1v) is 6.75. The van der Waals surface area contributed by atoms with E-state index in [1.54, 1.807) is 6.92 Å². The highest BCUT2D eigenvalue weighted by atomic mass is 16.4. The smallest absolute Gasteiger partial charge is 0.337 e. The standard InChI is InChI=1S/C14H17N3O4/c1-3-11-12(18)15-6-7-17(11)13(19)10-5-4-9(14(20)21)8(2)16-10/h4-5,11H,3,6-7H2,1-2H3,(H,15,18)(H,20,21). The average molecular weight is 291 g/mol. The lowest BCUT2D eigenvalue weighted by Gasteiger charge is -2.34. The van der Waals surface area contributed by atoms with Gasteiger partial charge in [0.05, 0.1) is 11.3 Å². The molecule has 2 amide bonds. The number of aromatic carboxylic acids is 1. The van der Waals surface area contributed by atoms with E-state index in [0.29, 0.717) is 19.5 Å². The van der Waals surface area contributed by atoms with Crippen LogP contribution in [0.1, 0.15) is 39.9 Å². The van der Waals surface area contributed by atoms with Gasteiger partial charge in [0, 0.05) is 13.1 Å². The second-order valence-electron chi connectivity index (χ2n) is 4.85. The van der Waals surface area contributed by atoms with Gasteiger partial charge in [-0.15, -0.1) is 0 Å². The number of pyridine rings is 1. The van der Waals surface area contributed by atoms with E-state index in [-0.39, 0.29) is 28.8 Å². The summed E-state index contributed by atoms with van der Waals surface area (Å²) < 4.78 is 0. The Labute approximate surface area is 122 Å². The zero-order chi connectivity index (χ0) is 15.6. The number of nitrogens with zero attached hydrogens (tertiary/aromatic N) is 2.